The highest BCUT2D eigenvalue weighted by atomic mass is 127. The third-order valence-corrected chi connectivity index (χ3v) is 12.7. The average molecular weight is 803 g/mol. The van der Waals surface area contributed by atoms with Gasteiger partial charge in [0.2, 0.25) is 0 Å². The summed E-state index contributed by atoms with van der Waals surface area (Å²) in [6.45, 7) is 2.81. The average Bonchev–Trinajstić information content (AvgIpc) is 3.52. The van der Waals surface area contributed by atoms with Crippen molar-refractivity contribution in [3.05, 3.63) is 142 Å². The van der Waals surface area contributed by atoms with Crippen molar-refractivity contribution in [2.45, 2.75) is 58.7 Å². The molecule has 0 amide bonds. The fourth-order valence-electron chi connectivity index (χ4n) is 6.41. The molecule has 1 aliphatic rings. The number of fused-ring (bicyclic) bond motifs is 3. The molecule has 1 aromatic heterocycles. The van der Waals surface area contributed by atoms with Gasteiger partial charge in [-0.05, 0) is 83.8 Å². The fraction of sp³-hybridized carbons (Fsp3) is 0.250. The van der Waals surface area contributed by atoms with Crippen LogP contribution in [0.1, 0.15) is 42.6 Å². The number of para-hydroxylation sites is 1. The van der Waals surface area contributed by atoms with Crippen LogP contribution in [-0.2, 0) is 32.1 Å². The molecule has 0 radical (unpaired) electrons. The minimum atomic E-state index is -0.996. The van der Waals surface area contributed by atoms with E-state index in [9.17, 15) is 9.59 Å². The summed E-state index contributed by atoms with van der Waals surface area (Å²) in [6.07, 6.45) is 3.67. The SMILES string of the molecule is C/C=C(\I)CN1[C@@H](C(=O)OCc2ccccc2)Cc2c([nH]c3ccccc23)[C@@H]1CCC(Sc1ccccc1)(Sc1ccccc1)C(=O)OC. The molecule has 2 atom stereocenters. The lowest BCUT2D eigenvalue weighted by atomic mass is 9.89. The first-order valence-electron chi connectivity index (χ1n) is 16.3. The van der Waals surface area contributed by atoms with Gasteiger partial charge in [-0.25, -0.2) is 4.79 Å². The van der Waals surface area contributed by atoms with Gasteiger partial charge in [0.15, 0.2) is 4.08 Å². The molecule has 0 fully saturated rings. The number of hydrogen-bond donors (Lipinski definition) is 1. The van der Waals surface area contributed by atoms with Crippen LogP contribution in [0.4, 0.5) is 0 Å². The van der Waals surface area contributed by atoms with Crippen molar-refractivity contribution in [3.8, 4) is 0 Å². The van der Waals surface area contributed by atoms with E-state index in [2.05, 4.69) is 50.7 Å². The second kappa shape index (κ2) is 16.5. The monoisotopic (exact) mass is 802 g/mol. The van der Waals surface area contributed by atoms with Gasteiger partial charge in [-0.3, -0.25) is 9.69 Å². The van der Waals surface area contributed by atoms with Gasteiger partial charge in [-0.1, -0.05) is 115 Å². The third-order valence-electron chi connectivity index (χ3n) is 8.82. The van der Waals surface area contributed by atoms with Crippen LogP contribution in [0.25, 0.3) is 10.9 Å². The number of carbonyl (C=O) groups is 2. The Kier molecular flexibility index (Phi) is 11.9. The van der Waals surface area contributed by atoms with Crippen LogP contribution < -0.4 is 0 Å². The van der Waals surface area contributed by atoms with E-state index in [0.717, 1.165) is 41.1 Å². The van der Waals surface area contributed by atoms with Crippen molar-refractivity contribution >= 4 is 69.0 Å². The summed E-state index contributed by atoms with van der Waals surface area (Å²) >= 11 is 5.41. The third kappa shape index (κ3) is 8.28. The molecule has 0 spiro atoms. The Bertz CT molecular complexity index is 1860. The van der Waals surface area contributed by atoms with Gasteiger partial charge in [0, 0.05) is 42.9 Å². The summed E-state index contributed by atoms with van der Waals surface area (Å²) in [5, 5.41) is 1.11. The molecular weight excluding hydrogens is 763 g/mol. The van der Waals surface area contributed by atoms with Crippen molar-refractivity contribution in [1.29, 1.82) is 0 Å². The molecule has 2 heterocycles. The molecule has 0 aliphatic carbocycles. The second-order valence-corrected chi connectivity index (χ2v) is 16.3. The van der Waals surface area contributed by atoms with Crippen LogP contribution in [0, 0.1) is 0 Å². The first-order valence-corrected chi connectivity index (χ1v) is 19.0. The molecule has 5 aromatic rings. The summed E-state index contributed by atoms with van der Waals surface area (Å²) in [4.78, 5) is 36.1. The molecule has 1 aliphatic heterocycles. The number of nitrogens with one attached hydrogen (secondary N) is 1. The predicted octanol–water partition coefficient (Wildman–Crippen LogP) is 9.75. The van der Waals surface area contributed by atoms with Gasteiger partial charge in [0.1, 0.15) is 12.6 Å². The molecule has 0 unspecified atom stereocenters. The van der Waals surface area contributed by atoms with Gasteiger partial charge in [0.25, 0.3) is 0 Å². The maximum atomic E-state index is 14.1. The van der Waals surface area contributed by atoms with Gasteiger partial charge in [-0.15, -0.1) is 0 Å². The molecule has 0 saturated heterocycles. The molecule has 6 nitrogen and oxygen atoms in total. The molecule has 4 aromatic carbocycles. The number of methoxy groups -OCH3 is 1. The number of allylic oxidation sites excluding steroid dienone is 1. The molecule has 9 heteroatoms. The molecule has 6 rings (SSSR count). The minimum absolute atomic E-state index is 0.202. The van der Waals surface area contributed by atoms with Crippen LogP contribution in [0.3, 0.4) is 0 Å². The van der Waals surface area contributed by atoms with E-state index < -0.39 is 10.1 Å². The summed E-state index contributed by atoms with van der Waals surface area (Å²) in [5.41, 5.74) is 4.20. The molecule has 49 heavy (non-hydrogen) atoms. The number of benzene rings is 4. The maximum absolute atomic E-state index is 14.1. The lowest BCUT2D eigenvalue weighted by molar-refractivity contribution is -0.153. The molecule has 1 N–H and O–H groups in total. The quantitative estimate of drug-likeness (QED) is 0.0551. The van der Waals surface area contributed by atoms with Gasteiger partial charge >= 0.3 is 11.9 Å². The number of aromatic nitrogens is 1. The first kappa shape index (κ1) is 35.3. The summed E-state index contributed by atoms with van der Waals surface area (Å²) in [7, 11) is 1.46. The van der Waals surface area contributed by atoms with Crippen molar-refractivity contribution in [3.63, 3.8) is 0 Å². The Labute approximate surface area is 310 Å². The number of halogens is 1. The fourth-order valence-corrected chi connectivity index (χ4v) is 9.67. The van der Waals surface area contributed by atoms with Gasteiger partial charge < -0.3 is 14.5 Å². The van der Waals surface area contributed by atoms with E-state index in [1.165, 1.54) is 30.6 Å². The van der Waals surface area contributed by atoms with Crippen LogP contribution in [0.15, 0.2) is 135 Å². The number of hydrogen-bond acceptors (Lipinski definition) is 7. The van der Waals surface area contributed by atoms with Gasteiger partial charge in [-0.2, -0.15) is 0 Å². The lowest BCUT2D eigenvalue weighted by Gasteiger charge is -2.42. The Morgan fingerprint density at radius 2 is 1.49 bits per heavy atom. The Hall–Kier alpha value is -3.51. The van der Waals surface area contributed by atoms with Crippen LogP contribution >= 0.6 is 46.1 Å². The summed E-state index contributed by atoms with van der Waals surface area (Å²) < 4.78 is 11.7. The zero-order valence-electron chi connectivity index (χ0n) is 27.5. The number of thioether (sulfide) groups is 2. The van der Waals surface area contributed by atoms with Crippen molar-refractivity contribution in [2.75, 3.05) is 13.7 Å². The van der Waals surface area contributed by atoms with E-state index in [0.29, 0.717) is 25.8 Å². The smallest absolute Gasteiger partial charge is 0.332 e. The lowest BCUT2D eigenvalue weighted by Crippen LogP contribution is -2.49. The minimum Gasteiger partial charge on any atom is -0.467 e. The number of aromatic amines is 1. The van der Waals surface area contributed by atoms with Crippen LogP contribution in [-0.4, -0.2) is 45.6 Å². The molecular formula is C40H39IN2O4S2. The largest absolute Gasteiger partial charge is 0.467 e. The normalized spacial score (nSPS) is 16.7. The van der Waals surface area contributed by atoms with Crippen molar-refractivity contribution in [2.24, 2.45) is 0 Å². The highest BCUT2D eigenvalue weighted by Gasteiger charge is 2.46. The highest BCUT2D eigenvalue weighted by molar-refractivity contribution is 14.1. The van der Waals surface area contributed by atoms with Crippen molar-refractivity contribution < 1.29 is 19.1 Å². The molecule has 0 saturated carbocycles. The zero-order valence-corrected chi connectivity index (χ0v) is 31.3. The zero-order chi connectivity index (χ0) is 34.2. The van der Waals surface area contributed by atoms with E-state index >= 15 is 0 Å². The van der Waals surface area contributed by atoms with E-state index in [1.54, 1.807) is 0 Å². The van der Waals surface area contributed by atoms with Crippen LogP contribution in [0.2, 0.25) is 0 Å². The van der Waals surface area contributed by atoms with E-state index in [1.807, 2.05) is 110 Å². The van der Waals surface area contributed by atoms with Gasteiger partial charge in [0.05, 0.1) is 13.2 Å². The number of carbonyl (C=O) groups excluding carboxylic acids is 2. The topological polar surface area (TPSA) is 71.6 Å². The number of ether oxygens (including phenoxy) is 2. The number of H-pyrrole nitrogens is 1. The first-order chi connectivity index (χ1) is 23.9. The van der Waals surface area contributed by atoms with Crippen molar-refractivity contribution in [1.82, 2.24) is 9.88 Å². The Morgan fingerprint density at radius 3 is 2.10 bits per heavy atom. The van der Waals surface area contributed by atoms with Crippen LogP contribution in [0.5, 0.6) is 0 Å². The second-order valence-electron chi connectivity index (χ2n) is 11.9. The molecule has 252 valence electrons. The summed E-state index contributed by atoms with van der Waals surface area (Å²) in [5.74, 6) is -0.544. The Morgan fingerprint density at radius 1 is 0.898 bits per heavy atom. The number of esters is 2. The highest BCUT2D eigenvalue weighted by Crippen LogP contribution is 2.52. The predicted molar refractivity (Wildman–Crippen MR) is 208 cm³/mol. The Balaban J connectivity index is 1.41. The standard InChI is InChI=1S/C40H39IN2O4S2/c1-3-29(41)26-43-35(23-24-40(39(45)46-2,48-30-17-9-5-10-18-30)49-31-19-11-6-12-20-31)37-33(32-21-13-14-22-34(32)42-37)25-36(43)38(44)47-27-28-15-7-4-8-16-28/h3-22,35-36,42H,23-27H2,1-2H3/b29-3-/t35-,36+/m0/s1. The summed E-state index contributed by atoms with van der Waals surface area (Å²) in [6, 6.07) is 37.4. The maximum Gasteiger partial charge on any atom is 0.332 e. The molecule has 0 bridgehead atoms. The number of nitrogens with zero attached hydrogens (tertiary/aromatic N) is 1. The van der Waals surface area contributed by atoms with E-state index in [-0.39, 0.29) is 24.6 Å². The number of rotatable bonds is 13. The van der Waals surface area contributed by atoms with E-state index in [4.69, 9.17) is 9.47 Å².